The van der Waals surface area contributed by atoms with Gasteiger partial charge < -0.3 is 5.32 Å². The standard InChI is InChI=1S/C20H24N2O/c1-4-5-6-9-19(18-8-7-12-21-14-18)17-11-10-15(2)20(13-17)22-16(3)23/h7-14H,4-6H2,1-3H3,(H,22,23). The van der Waals surface area contributed by atoms with Gasteiger partial charge in [-0.25, -0.2) is 0 Å². The normalized spacial score (nSPS) is 11.3. The molecular weight excluding hydrogens is 284 g/mol. The molecule has 0 atom stereocenters. The van der Waals surface area contributed by atoms with Crippen molar-refractivity contribution in [3.8, 4) is 0 Å². The second-order valence-corrected chi connectivity index (χ2v) is 5.71. The maximum Gasteiger partial charge on any atom is 0.221 e. The van der Waals surface area contributed by atoms with Crippen LogP contribution in [-0.2, 0) is 4.79 Å². The molecule has 0 unspecified atom stereocenters. The van der Waals surface area contributed by atoms with Crippen LogP contribution in [0, 0.1) is 6.92 Å². The first kappa shape index (κ1) is 16.9. The number of anilines is 1. The van der Waals surface area contributed by atoms with Crippen LogP contribution < -0.4 is 5.32 Å². The van der Waals surface area contributed by atoms with Crippen molar-refractivity contribution in [2.75, 3.05) is 5.32 Å². The average Bonchev–Trinajstić information content (AvgIpc) is 2.54. The van der Waals surface area contributed by atoms with Gasteiger partial charge in [-0.05, 0) is 42.2 Å². The Balaban J connectivity index is 2.43. The van der Waals surface area contributed by atoms with Gasteiger partial charge in [-0.3, -0.25) is 9.78 Å². The van der Waals surface area contributed by atoms with E-state index in [9.17, 15) is 4.79 Å². The Labute approximate surface area is 138 Å². The number of nitrogens with zero attached hydrogens (tertiary/aromatic N) is 1. The van der Waals surface area contributed by atoms with Crippen LogP contribution in [0.5, 0.6) is 0 Å². The second kappa shape index (κ2) is 8.28. The fourth-order valence-electron chi connectivity index (χ4n) is 2.49. The Morgan fingerprint density at radius 1 is 1.26 bits per heavy atom. The van der Waals surface area contributed by atoms with Gasteiger partial charge in [0.2, 0.25) is 5.91 Å². The Morgan fingerprint density at radius 2 is 2.09 bits per heavy atom. The van der Waals surface area contributed by atoms with E-state index in [0.717, 1.165) is 40.8 Å². The number of rotatable bonds is 6. The monoisotopic (exact) mass is 308 g/mol. The molecule has 1 heterocycles. The van der Waals surface area contributed by atoms with Crippen LogP contribution in [0.2, 0.25) is 0 Å². The van der Waals surface area contributed by atoms with Crippen molar-refractivity contribution in [3.63, 3.8) is 0 Å². The van der Waals surface area contributed by atoms with Gasteiger partial charge in [0, 0.05) is 30.6 Å². The number of allylic oxidation sites excluding steroid dienone is 1. The van der Waals surface area contributed by atoms with Crippen LogP contribution in [0.4, 0.5) is 5.69 Å². The predicted octanol–water partition coefficient (Wildman–Crippen LogP) is 4.97. The molecule has 0 radical (unpaired) electrons. The molecule has 0 aliphatic rings. The number of nitrogens with one attached hydrogen (secondary N) is 1. The molecule has 1 amide bonds. The molecule has 0 saturated heterocycles. The lowest BCUT2D eigenvalue weighted by Crippen LogP contribution is -2.07. The molecule has 1 N–H and O–H groups in total. The zero-order valence-electron chi connectivity index (χ0n) is 14.1. The minimum atomic E-state index is -0.0526. The van der Waals surface area contributed by atoms with Crippen molar-refractivity contribution in [2.24, 2.45) is 0 Å². The first-order valence-electron chi connectivity index (χ1n) is 8.11. The Kier molecular flexibility index (Phi) is 6.10. The van der Waals surface area contributed by atoms with Crippen molar-refractivity contribution in [1.29, 1.82) is 0 Å². The molecule has 0 fully saturated rings. The van der Waals surface area contributed by atoms with Crippen LogP contribution in [0.3, 0.4) is 0 Å². The number of benzene rings is 1. The van der Waals surface area contributed by atoms with Gasteiger partial charge in [-0.1, -0.05) is 44.0 Å². The fourth-order valence-corrected chi connectivity index (χ4v) is 2.49. The molecule has 1 aromatic heterocycles. The van der Waals surface area contributed by atoms with Crippen LogP contribution in [-0.4, -0.2) is 10.9 Å². The summed E-state index contributed by atoms with van der Waals surface area (Å²) in [7, 11) is 0. The van der Waals surface area contributed by atoms with Gasteiger partial charge >= 0.3 is 0 Å². The van der Waals surface area contributed by atoms with Gasteiger partial charge in [0.25, 0.3) is 0 Å². The quantitative estimate of drug-likeness (QED) is 0.765. The number of carbonyl (C=O) groups is 1. The van der Waals surface area contributed by atoms with Crippen molar-refractivity contribution in [1.82, 2.24) is 4.98 Å². The summed E-state index contributed by atoms with van der Waals surface area (Å²) in [6.07, 6.45) is 9.30. The Hall–Kier alpha value is -2.42. The van der Waals surface area contributed by atoms with Gasteiger partial charge in [-0.2, -0.15) is 0 Å². The molecule has 2 rings (SSSR count). The molecule has 1 aromatic carbocycles. The van der Waals surface area contributed by atoms with Crippen molar-refractivity contribution >= 4 is 17.2 Å². The first-order valence-corrected chi connectivity index (χ1v) is 8.11. The fraction of sp³-hybridized carbons (Fsp3) is 0.300. The van der Waals surface area contributed by atoms with E-state index in [4.69, 9.17) is 0 Å². The minimum Gasteiger partial charge on any atom is -0.326 e. The molecule has 2 aromatic rings. The molecular formula is C20H24N2O. The summed E-state index contributed by atoms with van der Waals surface area (Å²) >= 11 is 0. The molecule has 0 spiro atoms. The van der Waals surface area contributed by atoms with Gasteiger partial charge in [-0.15, -0.1) is 0 Å². The maximum absolute atomic E-state index is 11.4. The van der Waals surface area contributed by atoms with Crippen molar-refractivity contribution in [3.05, 3.63) is 65.5 Å². The SMILES string of the molecule is CCCCC=C(c1cccnc1)c1ccc(C)c(NC(C)=O)c1. The highest BCUT2D eigenvalue weighted by Crippen LogP contribution is 2.28. The summed E-state index contributed by atoms with van der Waals surface area (Å²) in [6.45, 7) is 5.73. The number of aromatic nitrogens is 1. The number of aryl methyl sites for hydroxylation is 1. The van der Waals surface area contributed by atoms with E-state index in [0.29, 0.717) is 0 Å². The van der Waals surface area contributed by atoms with Crippen LogP contribution in [0.25, 0.3) is 5.57 Å². The summed E-state index contributed by atoms with van der Waals surface area (Å²) in [5, 5.41) is 2.91. The highest BCUT2D eigenvalue weighted by atomic mass is 16.1. The highest BCUT2D eigenvalue weighted by molar-refractivity contribution is 5.91. The number of carbonyl (C=O) groups excluding carboxylic acids is 1. The van der Waals surface area contributed by atoms with E-state index in [2.05, 4.69) is 35.4 Å². The van der Waals surface area contributed by atoms with Crippen LogP contribution in [0.1, 0.15) is 49.8 Å². The number of hydrogen-bond donors (Lipinski definition) is 1. The van der Waals surface area contributed by atoms with Crippen molar-refractivity contribution < 1.29 is 4.79 Å². The minimum absolute atomic E-state index is 0.0526. The topological polar surface area (TPSA) is 42.0 Å². The third-order valence-corrected chi connectivity index (χ3v) is 3.74. The summed E-state index contributed by atoms with van der Waals surface area (Å²) in [4.78, 5) is 15.6. The summed E-state index contributed by atoms with van der Waals surface area (Å²) in [6, 6.07) is 10.2. The molecule has 0 saturated carbocycles. The molecule has 0 aliphatic carbocycles. The zero-order valence-corrected chi connectivity index (χ0v) is 14.1. The van der Waals surface area contributed by atoms with E-state index in [1.165, 1.54) is 13.3 Å². The largest absolute Gasteiger partial charge is 0.326 e. The lowest BCUT2D eigenvalue weighted by atomic mass is 9.96. The summed E-state index contributed by atoms with van der Waals surface area (Å²) in [5.74, 6) is -0.0526. The number of amides is 1. The van der Waals surface area contributed by atoms with E-state index in [1.807, 2.05) is 31.3 Å². The number of pyridine rings is 1. The van der Waals surface area contributed by atoms with Gasteiger partial charge in [0.1, 0.15) is 0 Å². The highest BCUT2D eigenvalue weighted by Gasteiger charge is 2.08. The van der Waals surface area contributed by atoms with Gasteiger partial charge in [0.05, 0.1) is 0 Å². The third-order valence-electron chi connectivity index (χ3n) is 3.74. The molecule has 23 heavy (non-hydrogen) atoms. The van der Waals surface area contributed by atoms with E-state index < -0.39 is 0 Å². The number of hydrogen-bond acceptors (Lipinski definition) is 2. The Bertz CT molecular complexity index is 690. The van der Waals surface area contributed by atoms with Crippen LogP contribution >= 0.6 is 0 Å². The van der Waals surface area contributed by atoms with E-state index in [1.54, 1.807) is 6.20 Å². The zero-order chi connectivity index (χ0) is 16.7. The lowest BCUT2D eigenvalue weighted by Gasteiger charge is -2.13. The molecule has 0 aliphatic heterocycles. The van der Waals surface area contributed by atoms with E-state index in [-0.39, 0.29) is 5.91 Å². The van der Waals surface area contributed by atoms with Crippen LogP contribution in [0.15, 0.2) is 48.8 Å². The first-order chi connectivity index (χ1) is 11.1. The predicted molar refractivity (Wildman–Crippen MR) is 96.3 cm³/mol. The smallest absolute Gasteiger partial charge is 0.221 e. The maximum atomic E-state index is 11.4. The van der Waals surface area contributed by atoms with Crippen molar-refractivity contribution in [2.45, 2.75) is 40.0 Å². The van der Waals surface area contributed by atoms with E-state index >= 15 is 0 Å². The molecule has 120 valence electrons. The molecule has 3 heteroatoms. The molecule has 3 nitrogen and oxygen atoms in total. The molecule has 0 bridgehead atoms. The summed E-state index contributed by atoms with van der Waals surface area (Å²) < 4.78 is 0. The third kappa shape index (κ3) is 4.78. The summed E-state index contributed by atoms with van der Waals surface area (Å²) in [5.41, 5.74) is 5.28. The lowest BCUT2D eigenvalue weighted by molar-refractivity contribution is -0.114. The number of unbranched alkanes of at least 4 members (excludes halogenated alkanes) is 2. The van der Waals surface area contributed by atoms with Gasteiger partial charge in [0.15, 0.2) is 0 Å². The Morgan fingerprint density at radius 3 is 2.74 bits per heavy atom. The second-order valence-electron chi connectivity index (χ2n) is 5.71. The average molecular weight is 308 g/mol.